The molecule has 7 nitrogen and oxygen atoms in total. The average molecular weight is 287 g/mol. The van der Waals surface area contributed by atoms with Crippen LogP contribution in [0.3, 0.4) is 0 Å². The van der Waals surface area contributed by atoms with Gasteiger partial charge in [0.25, 0.3) is 17.2 Å². The van der Waals surface area contributed by atoms with Crippen molar-refractivity contribution in [3.63, 3.8) is 0 Å². The van der Waals surface area contributed by atoms with Crippen molar-refractivity contribution < 1.29 is 9.72 Å². The van der Waals surface area contributed by atoms with Gasteiger partial charge in [-0.05, 0) is 24.6 Å². The Morgan fingerprint density at radius 2 is 2.00 bits per heavy atom. The van der Waals surface area contributed by atoms with Crippen LogP contribution in [0.1, 0.15) is 15.9 Å². The van der Waals surface area contributed by atoms with Crippen molar-refractivity contribution in [1.82, 2.24) is 4.57 Å². The van der Waals surface area contributed by atoms with E-state index in [1.807, 2.05) is 0 Å². The molecule has 0 spiro atoms. The largest absolute Gasteiger partial charge is 0.319 e. The molecule has 2 aromatic rings. The van der Waals surface area contributed by atoms with E-state index < -0.39 is 10.8 Å². The number of aryl methyl sites for hydroxylation is 2. The smallest absolute Gasteiger partial charge is 0.293 e. The number of amides is 1. The van der Waals surface area contributed by atoms with Crippen LogP contribution in [0.15, 0.2) is 41.3 Å². The van der Waals surface area contributed by atoms with Crippen molar-refractivity contribution in [1.29, 1.82) is 0 Å². The van der Waals surface area contributed by atoms with E-state index in [1.165, 1.54) is 35.0 Å². The molecule has 1 N–H and O–H groups in total. The van der Waals surface area contributed by atoms with E-state index in [1.54, 1.807) is 20.0 Å². The fourth-order valence-electron chi connectivity index (χ4n) is 1.78. The van der Waals surface area contributed by atoms with Gasteiger partial charge in [0, 0.05) is 30.9 Å². The molecule has 1 amide bonds. The summed E-state index contributed by atoms with van der Waals surface area (Å²) in [6, 6.07) is 7.14. The van der Waals surface area contributed by atoms with Gasteiger partial charge in [-0.25, -0.2) is 0 Å². The molecule has 0 unspecified atom stereocenters. The number of anilines is 1. The molecule has 1 aromatic heterocycles. The number of hydrogen-bond donors (Lipinski definition) is 1. The zero-order chi connectivity index (χ0) is 15.6. The molecule has 21 heavy (non-hydrogen) atoms. The number of benzene rings is 1. The average Bonchev–Trinajstić information content (AvgIpc) is 2.43. The highest BCUT2D eigenvalue weighted by Crippen LogP contribution is 2.25. The monoisotopic (exact) mass is 287 g/mol. The standard InChI is InChI=1S/C14H13N3O4/c1-9-3-4-11(12(7-9)17(20)21)15-14(19)10-5-6-16(2)13(18)8-10/h3-8H,1-2H3,(H,15,19). The van der Waals surface area contributed by atoms with Gasteiger partial charge in [-0.1, -0.05) is 6.07 Å². The molecule has 0 aliphatic carbocycles. The van der Waals surface area contributed by atoms with Gasteiger partial charge in [0.1, 0.15) is 5.69 Å². The molecule has 1 aromatic carbocycles. The molecule has 0 bridgehead atoms. The zero-order valence-corrected chi connectivity index (χ0v) is 11.5. The predicted molar refractivity (Wildman–Crippen MR) is 77.5 cm³/mol. The second kappa shape index (κ2) is 5.58. The maximum atomic E-state index is 12.1. The lowest BCUT2D eigenvalue weighted by molar-refractivity contribution is -0.384. The SMILES string of the molecule is Cc1ccc(NC(=O)c2ccn(C)c(=O)c2)c([N+](=O)[O-])c1. The number of pyridine rings is 1. The van der Waals surface area contributed by atoms with Crippen molar-refractivity contribution in [2.45, 2.75) is 6.92 Å². The molecule has 0 atom stereocenters. The molecule has 0 aliphatic rings. The van der Waals surface area contributed by atoms with Crippen LogP contribution >= 0.6 is 0 Å². The van der Waals surface area contributed by atoms with Crippen LogP contribution in [0.2, 0.25) is 0 Å². The molecule has 108 valence electrons. The number of carbonyl (C=O) groups excluding carboxylic acids is 1. The summed E-state index contributed by atoms with van der Waals surface area (Å²) < 4.78 is 1.32. The fraction of sp³-hybridized carbons (Fsp3) is 0.143. The third-order valence-corrected chi connectivity index (χ3v) is 2.96. The number of hydrogen-bond acceptors (Lipinski definition) is 4. The Hall–Kier alpha value is -2.96. The summed E-state index contributed by atoms with van der Waals surface area (Å²) in [5.74, 6) is -0.570. The second-order valence-electron chi connectivity index (χ2n) is 4.60. The van der Waals surface area contributed by atoms with Gasteiger partial charge >= 0.3 is 0 Å². The first-order chi connectivity index (χ1) is 9.88. The first kappa shape index (κ1) is 14.4. The molecule has 2 rings (SSSR count). The Morgan fingerprint density at radius 3 is 2.62 bits per heavy atom. The molecular weight excluding hydrogens is 274 g/mol. The molecule has 0 saturated heterocycles. The minimum Gasteiger partial charge on any atom is -0.319 e. The summed E-state index contributed by atoms with van der Waals surface area (Å²) in [5, 5.41) is 13.4. The van der Waals surface area contributed by atoms with Gasteiger partial charge in [0.15, 0.2) is 0 Å². The van der Waals surface area contributed by atoms with Crippen LogP contribution in [0, 0.1) is 17.0 Å². The van der Waals surface area contributed by atoms with Crippen LogP contribution in [0.4, 0.5) is 11.4 Å². The molecular formula is C14H13N3O4. The maximum absolute atomic E-state index is 12.1. The molecule has 0 aliphatic heterocycles. The highest BCUT2D eigenvalue weighted by atomic mass is 16.6. The van der Waals surface area contributed by atoms with Gasteiger partial charge in [-0.15, -0.1) is 0 Å². The summed E-state index contributed by atoms with van der Waals surface area (Å²) in [5.41, 5.74) is 0.436. The lowest BCUT2D eigenvalue weighted by Crippen LogP contribution is -2.20. The molecule has 0 fully saturated rings. The van der Waals surface area contributed by atoms with E-state index in [9.17, 15) is 19.7 Å². The van der Waals surface area contributed by atoms with Gasteiger partial charge in [0.05, 0.1) is 4.92 Å². The fourth-order valence-corrected chi connectivity index (χ4v) is 1.78. The first-order valence-electron chi connectivity index (χ1n) is 6.11. The summed E-state index contributed by atoms with van der Waals surface area (Å²) in [4.78, 5) is 34.0. The number of carbonyl (C=O) groups is 1. The topological polar surface area (TPSA) is 94.2 Å². The Balaban J connectivity index is 2.33. The van der Waals surface area contributed by atoms with Gasteiger partial charge < -0.3 is 9.88 Å². The van der Waals surface area contributed by atoms with Crippen molar-refractivity contribution in [3.8, 4) is 0 Å². The summed E-state index contributed by atoms with van der Waals surface area (Å²) in [6.45, 7) is 1.72. The van der Waals surface area contributed by atoms with E-state index >= 15 is 0 Å². The van der Waals surface area contributed by atoms with Crippen molar-refractivity contribution in [3.05, 3.63) is 68.1 Å². The third kappa shape index (κ3) is 3.14. The van der Waals surface area contributed by atoms with E-state index in [4.69, 9.17) is 0 Å². The van der Waals surface area contributed by atoms with Crippen LogP contribution in [-0.4, -0.2) is 15.4 Å². The van der Waals surface area contributed by atoms with Gasteiger partial charge in [0.2, 0.25) is 0 Å². The quantitative estimate of drug-likeness (QED) is 0.688. The number of aromatic nitrogens is 1. The third-order valence-electron chi connectivity index (χ3n) is 2.96. The van der Waals surface area contributed by atoms with Crippen LogP contribution in [-0.2, 0) is 7.05 Å². The van der Waals surface area contributed by atoms with E-state index in [2.05, 4.69) is 5.32 Å². The summed E-state index contributed by atoms with van der Waals surface area (Å²) in [7, 11) is 1.56. The van der Waals surface area contributed by atoms with E-state index in [0.717, 1.165) is 0 Å². The Morgan fingerprint density at radius 1 is 1.29 bits per heavy atom. The van der Waals surface area contributed by atoms with Crippen LogP contribution in [0.5, 0.6) is 0 Å². The Bertz CT molecular complexity index is 780. The normalized spacial score (nSPS) is 10.2. The second-order valence-corrected chi connectivity index (χ2v) is 4.60. The summed E-state index contributed by atoms with van der Waals surface area (Å²) in [6.07, 6.45) is 1.46. The maximum Gasteiger partial charge on any atom is 0.293 e. The predicted octanol–water partition coefficient (Wildman–Crippen LogP) is 1.85. The minimum atomic E-state index is -0.570. The number of nitrogens with one attached hydrogen (secondary N) is 1. The first-order valence-corrected chi connectivity index (χ1v) is 6.11. The number of rotatable bonds is 3. The lowest BCUT2D eigenvalue weighted by Gasteiger charge is -2.07. The van der Waals surface area contributed by atoms with E-state index in [-0.39, 0.29) is 22.5 Å². The van der Waals surface area contributed by atoms with Gasteiger partial charge in [-0.3, -0.25) is 19.7 Å². The Labute approximate surface area is 120 Å². The van der Waals surface area contributed by atoms with Crippen molar-refractivity contribution in [2.24, 2.45) is 7.05 Å². The highest BCUT2D eigenvalue weighted by molar-refractivity contribution is 6.05. The minimum absolute atomic E-state index is 0.0938. The number of nitro benzene ring substituents is 1. The molecule has 1 heterocycles. The Kier molecular flexibility index (Phi) is 3.84. The van der Waals surface area contributed by atoms with Crippen molar-refractivity contribution in [2.75, 3.05) is 5.32 Å². The molecule has 0 saturated carbocycles. The zero-order valence-electron chi connectivity index (χ0n) is 11.5. The lowest BCUT2D eigenvalue weighted by atomic mass is 10.2. The van der Waals surface area contributed by atoms with Crippen LogP contribution < -0.4 is 10.9 Å². The van der Waals surface area contributed by atoms with Crippen molar-refractivity contribution >= 4 is 17.3 Å². The van der Waals surface area contributed by atoms with Crippen LogP contribution in [0.25, 0.3) is 0 Å². The molecule has 7 heteroatoms. The molecule has 0 radical (unpaired) electrons. The van der Waals surface area contributed by atoms with Gasteiger partial charge in [-0.2, -0.15) is 0 Å². The van der Waals surface area contributed by atoms with E-state index in [0.29, 0.717) is 5.56 Å². The summed E-state index contributed by atoms with van der Waals surface area (Å²) >= 11 is 0. The highest BCUT2D eigenvalue weighted by Gasteiger charge is 2.17. The number of nitrogens with zero attached hydrogens (tertiary/aromatic N) is 2. The number of nitro groups is 1.